The van der Waals surface area contributed by atoms with Crippen LogP contribution in [0.5, 0.6) is 0 Å². The van der Waals surface area contributed by atoms with Crippen LogP contribution in [0.1, 0.15) is 57.1 Å². The second-order valence-corrected chi connectivity index (χ2v) is 9.47. The zero-order valence-corrected chi connectivity index (χ0v) is 17.8. The summed E-state index contributed by atoms with van der Waals surface area (Å²) in [7, 11) is 0. The van der Waals surface area contributed by atoms with Crippen LogP contribution in [0.4, 0.5) is 4.39 Å². The molecule has 1 aliphatic heterocycles. The molecular weight excluding hydrogens is 385 g/mol. The molecule has 1 saturated heterocycles. The van der Waals surface area contributed by atoms with Crippen molar-refractivity contribution in [3.8, 4) is 10.6 Å². The summed E-state index contributed by atoms with van der Waals surface area (Å²) in [4.78, 5) is 19.0. The molecule has 29 heavy (non-hydrogen) atoms. The third-order valence-electron chi connectivity index (χ3n) is 6.63. The molecule has 6 heteroatoms. The second kappa shape index (κ2) is 9.35. The molecule has 4 nitrogen and oxygen atoms in total. The van der Waals surface area contributed by atoms with E-state index in [0.29, 0.717) is 6.42 Å². The SMILES string of the molecule is O=C(Cc1csc(-c2ccc(F)cc2)n1)NCC1([NH+]2CCCCC2)CCCCC1. The number of nitrogens with one attached hydrogen (secondary N) is 2. The molecule has 1 saturated carbocycles. The lowest BCUT2D eigenvalue weighted by Gasteiger charge is -2.45. The van der Waals surface area contributed by atoms with E-state index >= 15 is 0 Å². The summed E-state index contributed by atoms with van der Waals surface area (Å²) in [6, 6.07) is 6.34. The molecule has 2 N–H and O–H groups in total. The number of rotatable bonds is 6. The van der Waals surface area contributed by atoms with Crippen LogP contribution in [0, 0.1) is 5.82 Å². The van der Waals surface area contributed by atoms with Crippen molar-refractivity contribution in [2.24, 2.45) is 0 Å². The Bertz CT molecular complexity index is 808. The zero-order chi connectivity index (χ0) is 20.1. The van der Waals surface area contributed by atoms with Crippen molar-refractivity contribution in [1.82, 2.24) is 10.3 Å². The Labute approximate surface area is 176 Å². The highest BCUT2D eigenvalue weighted by Gasteiger charge is 2.42. The minimum atomic E-state index is -0.252. The molecule has 156 valence electrons. The Morgan fingerprint density at radius 3 is 2.48 bits per heavy atom. The Hall–Kier alpha value is -1.79. The molecule has 1 aromatic carbocycles. The van der Waals surface area contributed by atoms with Gasteiger partial charge in [-0.1, -0.05) is 6.42 Å². The summed E-state index contributed by atoms with van der Waals surface area (Å²) in [6.45, 7) is 3.29. The van der Waals surface area contributed by atoms with Gasteiger partial charge in [0.25, 0.3) is 0 Å². The first kappa shape index (κ1) is 20.5. The van der Waals surface area contributed by atoms with Gasteiger partial charge in [-0.05, 0) is 56.4 Å². The molecule has 2 aliphatic rings. The lowest BCUT2D eigenvalue weighted by atomic mass is 9.79. The van der Waals surface area contributed by atoms with Crippen LogP contribution < -0.4 is 10.2 Å². The van der Waals surface area contributed by atoms with Crippen molar-refractivity contribution in [3.63, 3.8) is 0 Å². The fourth-order valence-electron chi connectivity index (χ4n) is 5.00. The van der Waals surface area contributed by atoms with Gasteiger partial charge in [0.1, 0.15) is 16.4 Å². The molecule has 1 amide bonds. The van der Waals surface area contributed by atoms with E-state index in [4.69, 9.17) is 0 Å². The Kier molecular flexibility index (Phi) is 6.60. The van der Waals surface area contributed by atoms with Crippen LogP contribution in [0.2, 0.25) is 0 Å². The van der Waals surface area contributed by atoms with E-state index < -0.39 is 0 Å². The van der Waals surface area contributed by atoms with Crippen LogP contribution in [0.3, 0.4) is 0 Å². The molecule has 2 heterocycles. The lowest BCUT2D eigenvalue weighted by Crippen LogP contribution is -3.22. The first-order valence-corrected chi connectivity index (χ1v) is 11.8. The van der Waals surface area contributed by atoms with Crippen LogP contribution in [0.25, 0.3) is 10.6 Å². The number of amides is 1. The Balaban J connectivity index is 1.35. The maximum atomic E-state index is 13.1. The average Bonchev–Trinajstić information content (AvgIpc) is 3.22. The van der Waals surface area contributed by atoms with Crippen molar-refractivity contribution < 1.29 is 14.1 Å². The van der Waals surface area contributed by atoms with Gasteiger partial charge in [0.15, 0.2) is 0 Å². The lowest BCUT2D eigenvalue weighted by molar-refractivity contribution is -0.957. The minimum absolute atomic E-state index is 0.0577. The molecule has 0 bridgehead atoms. The third kappa shape index (κ3) is 5.04. The van der Waals surface area contributed by atoms with E-state index in [-0.39, 0.29) is 17.3 Å². The topological polar surface area (TPSA) is 46.4 Å². The second-order valence-electron chi connectivity index (χ2n) is 8.61. The smallest absolute Gasteiger partial charge is 0.226 e. The zero-order valence-electron chi connectivity index (χ0n) is 17.0. The number of halogens is 1. The number of quaternary nitrogens is 1. The summed E-state index contributed by atoms with van der Waals surface area (Å²) in [6.07, 6.45) is 10.6. The Morgan fingerprint density at radius 2 is 1.76 bits per heavy atom. The average molecular weight is 417 g/mol. The first-order valence-electron chi connectivity index (χ1n) is 11.0. The summed E-state index contributed by atoms with van der Waals surface area (Å²) < 4.78 is 13.1. The monoisotopic (exact) mass is 416 g/mol. The van der Waals surface area contributed by atoms with E-state index in [1.54, 1.807) is 17.0 Å². The highest BCUT2D eigenvalue weighted by atomic mass is 32.1. The first-order chi connectivity index (χ1) is 14.1. The van der Waals surface area contributed by atoms with Gasteiger partial charge >= 0.3 is 0 Å². The largest absolute Gasteiger partial charge is 0.349 e. The van der Waals surface area contributed by atoms with Gasteiger partial charge in [-0.3, -0.25) is 4.79 Å². The molecular formula is C23H31FN3OS+. The maximum absolute atomic E-state index is 13.1. The fourth-order valence-corrected chi connectivity index (χ4v) is 5.83. The van der Waals surface area contributed by atoms with Crippen molar-refractivity contribution in [2.45, 2.75) is 63.3 Å². The van der Waals surface area contributed by atoms with E-state index in [1.165, 1.54) is 87.9 Å². The van der Waals surface area contributed by atoms with Gasteiger partial charge in [-0.2, -0.15) is 0 Å². The predicted molar refractivity (Wildman–Crippen MR) is 115 cm³/mol. The standard InChI is InChI=1S/C23H30FN3OS/c24-19-9-7-18(8-10-19)22-26-20(16-29-22)15-21(28)25-17-23(11-3-1-4-12-23)27-13-5-2-6-14-27/h7-10,16H,1-6,11-15,17H2,(H,25,28)/p+1. The number of hydrogen-bond acceptors (Lipinski definition) is 3. The molecule has 1 aliphatic carbocycles. The molecule has 0 radical (unpaired) electrons. The van der Waals surface area contributed by atoms with Crippen molar-refractivity contribution >= 4 is 17.2 Å². The molecule has 1 aromatic heterocycles. The van der Waals surface area contributed by atoms with E-state index in [0.717, 1.165) is 22.8 Å². The van der Waals surface area contributed by atoms with Gasteiger partial charge < -0.3 is 10.2 Å². The maximum Gasteiger partial charge on any atom is 0.226 e. The molecule has 2 aromatic rings. The molecule has 2 fully saturated rings. The molecule has 0 unspecified atom stereocenters. The fraction of sp³-hybridized carbons (Fsp3) is 0.565. The quantitative estimate of drug-likeness (QED) is 0.758. The van der Waals surface area contributed by atoms with Crippen LogP contribution >= 0.6 is 11.3 Å². The van der Waals surface area contributed by atoms with Crippen LogP contribution in [0.15, 0.2) is 29.6 Å². The Morgan fingerprint density at radius 1 is 1.07 bits per heavy atom. The number of hydrogen-bond donors (Lipinski definition) is 2. The number of carbonyl (C=O) groups excluding carboxylic acids is 1. The predicted octanol–water partition coefficient (Wildman–Crippen LogP) is 3.38. The number of carbonyl (C=O) groups is 1. The van der Waals surface area contributed by atoms with Crippen LogP contribution in [-0.2, 0) is 11.2 Å². The van der Waals surface area contributed by atoms with E-state index in [9.17, 15) is 9.18 Å². The molecule has 4 rings (SSSR count). The van der Waals surface area contributed by atoms with Gasteiger partial charge in [-0.25, -0.2) is 9.37 Å². The number of benzene rings is 1. The van der Waals surface area contributed by atoms with Crippen molar-refractivity contribution in [2.75, 3.05) is 19.6 Å². The van der Waals surface area contributed by atoms with Gasteiger partial charge in [0.05, 0.1) is 31.7 Å². The number of likely N-dealkylation sites (tertiary alicyclic amines) is 1. The van der Waals surface area contributed by atoms with E-state index in [2.05, 4.69) is 10.3 Å². The highest BCUT2D eigenvalue weighted by Crippen LogP contribution is 2.26. The number of nitrogens with zero attached hydrogens (tertiary/aromatic N) is 1. The number of thiazole rings is 1. The van der Waals surface area contributed by atoms with Crippen molar-refractivity contribution in [1.29, 1.82) is 0 Å². The van der Waals surface area contributed by atoms with Gasteiger partial charge in [-0.15, -0.1) is 11.3 Å². The molecule has 0 spiro atoms. The summed E-state index contributed by atoms with van der Waals surface area (Å²) >= 11 is 1.50. The van der Waals surface area contributed by atoms with E-state index in [1.807, 2.05) is 5.38 Å². The highest BCUT2D eigenvalue weighted by molar-refractivity contribution is 7.13. The van der Waals surface area contributed by atoms with Crippen LogP contribution in [-0.4, -0.2) is 36.1 Å². The summed E-state index contributed by atoms with van der Waals surface area (Å²) in [5, 5.41) is 6.01. The van der Waals surface area contributed by atoms with Gasteiger partial charge in [0.2, 0.25) is 5.91 Å². The van der Waals surface area contributed by atoms with Gasteiger partial charge in [0, 0.05) is 23.8 Å². The third-order valence-corrected chi connectivity index (χ3v) is 7.57. The molecule has 0 atom stereocenters. The number of piperidine rings is 1. The summed E-state index contributed by atoms with van der Waals surface area (Å²) in [5.74, 6) is -0.195. The summed E-state index contributed by atoms with van der Waals surface area (Å²) in [5.41, 5.74) is 1.91. The van der Waals surface area contributed by atoms with Crippen molar-refractivity contribution in [3.05, 3.63) is 41.2 Å². The normalized spacial score (nSPS) is 19.8. The number of aromatic nitrogens is 1. The minimum Gasteiger partial charge on any atom is -0.349 e.